The van der Waals surface area contributed by atoms with E-state index in [1.165, 1.54) is 18.7 Å². The smallest absolute Gasteiger partial charge is 0.253 e. The number of benzene rings is 1. The number of pyridine rings is 1. The number of carbonyl (C=O) groups excluding carboxylic acids is 1. The Kier molecular flexibility index (Phi) is 3.93. The number of aromatic nitrogens is 3. The average Bonchev–Trinajstić information content (AvgIpc) is 3.22. The second-order valence-corrected chi connectivity index (χ2v) is 6.13. The summed E-state index contributed by atoms with van der Waals surface area (Å²) in [5.74, 6) is 0.823. The number of imidazole rings is 1. The van der Waals surface area contributed by atoms with Gasteiger partial charge in [0, 0.05) is 43.5 Å². The van der Waals surface area contributed by atoms with E-state index in [1.54, 1.807) is 6.07 Å². The van der Waals surface area contributed by atoms with Gasteiger partial charge in [-0.2, -0.15) is 0 Å². The quantitative estimate of drug-likeness (QED) is 0.768. The highest BCUT2D eigenvalue weighted by molar-refractivity contribution is 5.93. The third-order valence-corrected chi connectivity index (χ3v) is 4.34. The van der Waals surface area contributed by atoms with Crippen molar-refractivity contribution in [3.63, 3.8) is 0 Å². The van der Waals surface area contributed by atoms with Crippen molar-refractivity contribution in [2.24, 2.45) is 0 Å². The van der Waals surface area contributed by atoms with Crippen LogP contribution in [0.1, 0.15) is 28.2 Å². The maximum atomic E-state index is 12.1. The van der Waals surface area contributed by atoms with Crippen LogP contribution >= 0.6 is 0 Å². The molecule has 1 aliphatic rings. The Balaban J connectivity index is 1.46. The lowest BCUT2D eigenvalue weighted by Gasteiger charge is -2.07. The van der Waals surface area contributed by atoms with Gasteiger partial charge in [-0.05, 0) is 24.1 Å². The normalized spacial score (nSPS) is 12.8. The van der Waals surface area contributed by atoms with Crippen LogP contribution < -0.4 is 5.32 Å². The molecule has 0 fully saturated rings. The second-order valence-electron chi connectivity index (χ2n) is 6.13. The number of hydrogen-bond donors (Lipinski definition) is 2. The molecular formula is C19H18N4O2. The van der Waals surface area contributed by atoms with E-state index < -0.39 is 0 Å². The van der Waals surface area contributed by atoms with Crippen molar-refractivity contribution < 1.29 is 9.90 Å². The molecule has 0 spiro atoms. The monoisotopic (exact) mass is 334 g/mol. The van der Waals surface area contributed by atoms with Gasteiger partial charge in [0.1, 0.15) is 5.82 Å². The summed E-state index contributed by atoms with van der Waals surface area (Å²) in [7, 11) is 0. The van der Waals surface area contributed by atoms with Crippen LogP contribution in [0.15, 0.2) is 48.8 Å². The number of nitrogens with one attached hydrogen (secondary N) is 1. The van der Waals surface area contributed by atoms with Gasteiger partial charge in [-0.25, -0.2) is 9.97 Å². The van der Waals surface area contributed by atoms with Gasteiger partial charge in [0.25, 0.3) is 5.91 Å². The molecule has 0 bridgehead atoms. The number of carbonyl (C=O) groups is 1. The molecule has 2 N–H and O–H groups in total. The highest BCUT2D eigenvalue weighted by Gasteiger charge is 2.14. The maximum absolute atomic E-state index is 12.1. The summed E-state index contributed by atoms with van der Waals surface area (Å²) in [5, 5.41) is 12.0. The largest absolute Gasteiger partial charge is 0.493 e. The lowest BCUT2D eigenvalue weighted by Crippen LogP contribution is -2.22. The molecule has 6 nitrogen and oxygen atoms in total. The first kappa shape index (κ1) is 15.4. The van der Waals surface area contributed by atoms with Crippen LogP contribution in [0.3, 0.4) is 0 Å². The van der Waals surface area contributed by atoms with E-state index in [-0.39, 0.29) is 11.8 Å². The lowest BCUT2D eigenvalue weighted by molar-refractivity contribution is 0.0950. The van der Waals surface area contributed by atoms with Crippen molar-refractivity contribution in [2.75, 3.05) is 0 Å². The zero-order valence-corrected chi connectivity index (χ0v) is 13.6. The zero-order chi connectivity index (χ0) is 17.2. The Labute approximate surface area is 145 Å². The molecule has 1 amide bonds. The van der Waals surface area contributed by atoms with E-state index >= 15 is 0 Å². The summed E-state index contributed by atoms with van der Waals surface area (Å²) in [6.07, 6.45) is 5.66. The van der Waals surface area contributed by atoms with E-state index in [9.17, 15) is 9.90 Å². The predicted octanol–water partition coefficient (Wildman–Crippen LogP) is 2.53. The molecule has 25 heavy (non-hydrogen) atoms. The van der Waals surface area contributed by atoms with Crippen LogP contribution in [-0.4, -0.2) is 25.5 Å². The highest BCUT2D eigenvalue weighted by Crippen LogP contribution is 2.23. The fourth-order valence-corrected chi connectivity index (χ4v) is 3.04. The Morgan fingerprint density at radius 1 is 1.28 bits per heavy atom. The van der Waals surface area contributed by atoms with Gasteiger partial charge in [-0.3, -0.25) is 4.79 Å². The molecule has 2 aromatic heterocycles. The van der Waals surface area contributed by atoms with Gasteiger partial charge in [0.05, 0.1) is 11.3 Å². The molecule has 0 unspecified atom stereocenters. The van der Waals surface area contributed by atoms with Gasteiger partial charge < -0.3 is 15.0 Å². The third-order valence-electron chi connectivity index (χ3n) is 4.34. The molecule has 1 aromatic carbocycles. The van der Waals surface area contributed by atoms with E-state index in [4.69, 9.17) is 4.98 Å². The summed E-state index contributed by atoms with van der Waals surface area (Å²) >= 11 is 0. The summed E-state index contributed by atoms with van der Waals surface area (Å²) in [6.45, 7) is 1.46. The molecule has 0 saturated heterocycles. The van der Waals surface area contributed by atoms with Gasteiger partial charge in [-0.1, -0.05) is 18.2 Å². The molecule has 6 heteroatoms. The topological polar surface area (TPSA) is 80.0 Å². The van der Waals surface area contributed by atoms with Crippen molar-refractivity contribution in [3.05, 3.63) is 65.7 Å². The van der Waals surface area contributed by atoms with Crippen molar-refractivity contribution in [2.45, 2.75) is 25.9 Å². The van der Waals surface area contributed by atoms with Crippen LogP contribution in [0, 0.1) is 0 Å². The third kappa shape index (κ3) is 3.24. The lowest BCUT2D eigenvalue weighted by atomic mass is 10.1. The Morgan fingerprint density at radius 2 is 2.20 bits per heavy atom. The number of amides is 1. The molecule has 0 atom stereocenters. The van der Waals surface area contributed by atoms with Crippen molar-refractivity contribution in [1.29, 1.82) is 0 Å². The fourth-order valence-electron chi connectivity index (χ4n) is 3.04. The number of rotatable bonds is 4. The summed E-state index contributed by atoms with van der Waals surface area (Å²) in [4.78, 5) is 20.5. The maximum Gasteiger partial charge on any atom is 0.253 e. The molecule has 4 rings (SSSR count). The molecule has 126 valence electrons. The second kappa shape index (κ2) is 6.39. The van der Waals surface area contributed by atoms with Gasteiger partial charge in [0.15, 0.2) is 0 Å². The van der Waals surface area contributed by atoms with Crippen LogP contribution in [0.4, 0.5) is 0 Å². The average molecular weight is 334 g/mol. The molecule has 0 saturated carbocycles. The molecule has 0 radical (unpaired) electrons. The van der Waals surface area contributed by atoms with Crippen LogP contribution in [0.2, 0.25) is 0 Å². The summed E-state index contributed by atoms with van der Waals surface area (Å²) in [6, 6.07) is 11.0. The van der Waals surface area contributed by atoms with E-state index in [0.717, 1.165) is 35.6 Å². The van der Waals surface area contributed by atoms with Crippen LogP contribution in [0.5, 0.6) is 5.88 Å². The van der Waals surface area contributed by atoms with Crippen molar-refractivity contribution >= 4 is 5.91 Å². The number of aryl methyl sites for hydroxylation is 2. The minimum absolute atomic E-state index is 0.101. The Hall–Kier alpha value is -3.15. The Morgan fingerprint density at radius 3 is 3.00 bits per heavy atom. The van der Waals surface area contributed by atoms with E-state index in [2.05, 4.69) is 21.1 Å². The number of hydrogen-bond acceptors (Lipinski definition) is 4. The minimum Gasteiger partial charge on any atom is -0.493 e. The molecule has 3 heterocycles. The first-order chi connectivity index (χ1) is 12.2. The van der Waals surface area contributed by atoms with Gasteiger partial charge >= 0.3 is 0 Å². The van der Waals surface area contributed by atoms with E-state index in [1.807, 2.05) is 24.3 Å². The molecule has 1 aliphatic heterocycles. The number of fused-ring (bicyclic) bond motifs is 1. The first-order valence-electron chi connectivity index (χ1n) is 8.27. The molecule has 3 aromatic rings. The van der Waals surface area contributed by atoms with Crippen molar-refractivity contribution in [1.82, 2.24) is 19.9 Å². The van der Waals surface area contributed by atoms with Crippen molar-refractivity contribution in [3.8, 4) is 17.1 Å². The predicted molar refractivity (Wildman–Crippen MR) is 93.1 cm³/mol. The summed E-state index contributed by atoms with van der Waals surface area (Å²) < 4.78 is 2.21. The first-order valence-corrected chi connectivity index (χ1v) is 8.27. The van der Waals surface area contributed by atoms with Crippen LogP contribution in [0.25, 0.3) is 11.3 Å². The van der Waals surface area contributed by atoms with Gasteiger partial charge in [0.2, 0.25) is 5.88 Å². The Bertz CT molecular complexity index is 894. The molecular weight excluding hydrogens is 316 g/mol. The SMILES string of the molecule is O=C(NCc1cccc(-c2cn3c(n2)CCC3)c1)c1ccc(O)nc1. The molecule has 0 aliphatic carbocycles. The zero-order valence-electron chi connectivity index (χ0n) is 13.6. The van der Waals surface area contributed by atoms with Crippen LogP contribution in [-0.2, 0) is 19.5 Å². The number of aromatic hydroxyl groups is 1. The fraction of sp³-hybridized carbons (Fsp3) is 0.211. The highest BCUT2D eigenvalue weighted by atomic mass is 16.3. The standard InChI is InChI=1S/C19H18N4O2/c24-18-7-6-15(11-20-18)19(25)21-10-13-3-1-4-14(9-13)16-12-23-8-2-5-17(23)22-16/h1,3-4,6-7,9,11-12H,2,5,8,10H2,(H,20,24)(H,21,25). The van der Waals surface area contributed by atoms with Gasteiger partial charge in [-0.15, -0.1) is 0 Å². The van der Waals surface area contributed by atoms with E-state index in [0.29, 0.717) is 12.1 Å². The number of nitrogens with zero attached hydrogens (tertiary/aromatic N) is 3. The summed E-state index contributed by atoms with van der Waals surface area (Å²) in [5.41, 5.74) is 3.45. The minimum atomic E-state index is -0.223.